The van der Waals surface area contributed by atoms with E-state index >= 15 is 0 Å². The van der Waals surface area contributed by atoms with Crippen LogP contribution in [0.4, 0.5) is 0 Å². The largest absolute Gasteiger partial charge is 0.350 e. The summed E-state index contributed by atoms with van der Waals surface area (Å²) < 4.78 is 0. The molecule has 5 heteroatoms. The summed E-state index contributed by atoms with van der Waals surface area (Å²) in [5.41, 5.74) is 6.18. The van der Waals surface area contributed by atoms with E-state index in [0.717, 1.165) is 18.4 Å². The molecule has 2 amide bonds. The summed E-state index contributed by atoms with van der Waals surface area (Å²) in [6.45, 7) is 0.829. The molecule has 2 rings (SSSR count). The molecule has 102 valence electrons. The zero-order valence-corrected chi connectivity index (χ0v) is 10.8. The number of benzene rings is 1. The smallest absolute Gasteiger partial charge is 0.239 e. The number of nitrogens with two attached hydrogens (primary N) is 1. The summed E-state index contributed by atoms with van der Waals surface area (Å²) in [4.78, 5) is 23.4. The van der Waals surface area contributed by atoms with E-state index in [2.05, 4.69) is 10.6 Å². The molecule has 1 aliphatic carbocycles. The Balaban J connectivity index is 1.69. The summed E-state index contributed by atoms with van der Waals surface area (Å²) in [7, 11) is 0. The number of rotatable bonds is 6. The molecule has 1 saturated carbocycles. The van der Waals surface area contributed by atoms with Gasteiger partial charge in [0.2, 0.25) is 11.8 Å². The predicted octanol–water partition coefficient (Wildman–Crippen LogP) is 0.158. The van der Waals surface area contributed by atoms with Crippen molar-refractivity contribution >= 4 is 11.8 Å². The van der Waals surface area contributed by atoms with Gasteiger partial charge in [-0.25, -0.2) is 0 Å². The lowest BCUT2D eigenvalue weighted by Crippen LogP contribution is -2.42. The molecule has 19 heavy (non-hydrogen) atoms. The minimum absolute atomic E-state index is 0.00736. The lowest BCUT2D eigenvalue weighted by molar-refractivity contribution is -0.129. The fourth-order valence-electron chi connectivity index (χ4n) is 1.88. The molecule has 0 aliphatic heterocycles. The second-order valence-corrected chi connectivity index (χ2v) is 4.93. The van der Waals surface area contributed by atoms with Crippen LogP contribution >= 0.6 is 0 Å². The SMILES string of the molecule is NCC1(C(=O)NCC(=O)NCc2ccccc2)CC1. The number of amides is 2. The Kier molecular flexibility index (Phi) is 4.16. The topological polar surface area (TPSA) is 84.2 Å². The summed E-state index contributed by atoms with van der Waals surface area (Å²) in [6.07, 6.45) is 1.64. The fraction of sp³-hybridized carbons (Fsp3) is 0.429. The Morgan fingerprint density at radius 3 is 2.42 bits per heavy atom. The van der Waals surface area contributed by atoms with E-state index < -0.39 is 5.41 Å². The van der Waals surface area contributed by atoms with Crippen molar-refractivity contribution in [1.29, 1.82) is 0 Å². The third-order valence-electron chi connectivity index (χ3n) is 3.47. The van der Waals surface area contributed by atoms with Crippen LogP contribution in [0.2, 0.25) is 0 Å². The summed E-state index contributed by atoms with van der Waals surface area (Å²) in [5, 5.41) is 5.40. The first-order valence-corrected chi connectivity index (χ1v) is 6.45. The molecule has 1 aliphatic rings. The van der Waals surface area contributed by atoms with Crippen molar-refractivity contribution in [3.63, 3.8) is 0 Å². The van der Waals surface area contributed by atoms with Crippen LogP contribution in [0, 0.1) is 5.41 Å². The summed E-state index contributed by atoms with van der Waals surface area (Å²) in [5.74, 6) is -0.296. The molecule has 0 heterocycles. The van der Waals surface area contributed by atoms with Crippen molar-refractivity contribution < 1.29 is 9.59 Å². The van der Waals surface area contributed by atoms with Crippen LogP contribution in [0.1, 0.15) is 18.4 Å². The minimum Gasteiger partial charge on any atom is -0.350 e. The molecule has 0 atom stereocenters. The molecule has 0 unspecified atom stereocenters. The zero-order chi connectivity index (χ0) is 13.7. The molecule has 1 aromatic rings. The van der Waals surface area contributed by atoms with E-state index in [9.17, 15) is 9.59 Å². The highest BCUT2D eigenvalue weighted by Crippen LogP contribution is 2.44. The quantitative estimate of drug-likeness (QED) is 0.682. The molecule has 1 aromatic carbocycles. The average molecular weight is 261 g/mol. The molecule has 0 bridgehead atoms. The first kappa shape index (κ1) is 13.5. The van der Waals surface area contributed by atoms with Gasteiger partial charge in [-0.3, -0.25) is 9.59 Å². The van der Waals surface area contributed by atoms with Crippen LogP contribution in [-0.4, -0.2) is 24.9 Å². The fourth-order valence-corrected chi connectivity index (χ4v) is 1.88. The average Bonchev–Trinajstić information content (AvgIpc) is 3.25. The van der Waals surface area contributed by atoms with Crippen molar-refractivity contribution in [3.8, 4) is 0 Å². The molecule has 0 saturated heterocycles. The monoisotopic (exact) mass is 261 g/mol. The highest BCUT2D eigenvalue weighted by atomic mass is 16.2. The molecule has 0 aromatic heterocycles. The Morgan fingerprint density at radius 2 is 1.84 bits per heavy atom. The van der Waals surface area contributed by atoms with E-state index in [1.54, 1.807) is 0 Å². The van der Waals surface area contributed by atoms with Crippen LogP contribution in [0.25, 0.3) is 0 Å². The number of carbonyl (C=O) groups is 2. The van der Waals surface area contributed by atoms with Crippen LogP contribution in [0.3, 0.4) is 0 Å². The van der Waals surface area contributed by atoms with Crippen LogP contribution < -0.4 is 16.4 Å². The Morgan fingerprint density at radius 1 is 1.16 bits per heavy atom. The minimum atomic E-state index is -0.403. The van der Waals surface area contributed by atoms with Crippen molar-refractivity contribution in [1.82, 2.24) is 10.6 Å². The number of hydrogen-bond donors (Lipinski definition) is 3. The predicted molar refractivity (Wildman–Crippen MR) is 72.0 cm³/mol. The van der Waals surface area contributed by atoms with Gasteiger partial charge in [-0.1, -0.05) is 30.3 Å². The molecule has 1 fully saturated rings. The summed E-state index contributed by atoms with van der Waals surface area (Å²) in [6, 6.07) is 9.63. The van der Waals surface area contributed by atoms with Crippen molar-refractivity contribution in [2.75, 3.05) is 13.1 Å². The van der Waals surface area contributed by atoms with Crippen LogP contribution in [0.5, 0.6) is 0 Å². The Labute approximate surface area is 112 Å². The summed E-state index contributed by atoms with van der Waals surface area (Å²) >= 11 is 0. The molecule has 0 spiro atoms. The third-order valence-corrected chi connectivity index (χ3v) is 3.47. The highest BCUT2D eigenvalue weighted by molar-refractivity contribution is 5.89. The number of hydrogen-bond acceptors (Lipinski definition) is 3. The standard InChI is InChI=1S/C14H19N3O2/c15-10-14(6-7-14)13(19)17-9-12(18)16-8-11-4-2-1-3-5-11/h1-5H,6-10,15H2,(H,16,18)(H,17,19). The first-order chi connectivity index (χ1) is 9.16. The van der Waals surface area contributed by atoms with Crippen LogP contribution in [0.15, 0.2) is 30.3 Å². The van der Waals surface area contributed by atoms with Gasteiger partial charge in [0.1, 0.15) is 0 Å². The van der Waals surface area contributed by atoms with Gasteiger partial charge in [0, 0.05) is 13.1 Å². The maximum Gasteiger partial charge on any atom is 0.239 e. The van der Waals surface area contributed by atoms with Gasteiger partial charge >= 0.3 is 0 Å². The van der Waals surface area contributed by atoms with Gasteiger partial charge in [-0.15, -0.1) is 0 Å². The van der Waals surface area contributed by atoms with Gasteiger partial charge in [-0.05, 0) is 18.4 Å². The zero-order valence-electron chi connectivity index (χ0n) is 10.8. The Hall–Kier alpha value is -1.88. The van der Waals surface area contributed by atoms with Gasteiger partial charge < -0.3 is 16.4 Å². The van der Waals surface area contributed by atoms with E-state index in [4.69, 9.17) is 5.73 Å². The molecule has 4 N–H and O–H groups in total. The maximum absolute atomic E-state index is 11.8. The van der Waals surface area contributed by atoms with Crippen molar-refractivity contribution in [2.24, 2.45) is 11.1 Å². The second kappa shape index (κ2) is 5.84. The lowest BCUT2D eigenvalue weighted by Gasteiger charge is -2.12. The van der Waals surface area contributed by atoms with Gasteiger partial charge in [-0.2, -0.15) is 0 Å². The molecule has 5 nitrogen and oxygen atoms in total. The molecular formula is C14H19N3O2. The van der Waals surface area contributed by atoms with E-state index in [1.807, 2.05) is 30.3 Å². The lowest BCUT2D eigenvalue weighted by atomic mass is 10.1. The number of carbonyl (C=O) groups excluding carboxylic acids is 2. The van der Waals surface area contributed by atoms with E-state index in [0.29, 0.717) is 13.1 Å². The molecule has 0 radical (unpaired) electrons. The third kappa shape index (κ3) is 3.54. The maximum atomic E-state index is 11.8. The highest BCUT2D eigenvalue weighted by Gasteiger charge is 2.48. The second-order valence-electron chi connectivity index (χ2n) is 4.93. The van der Waals surface area contributed by atoms with Crippen molar-refractivity contribution in [2.45, 2.75) is 19.4 Å². The van der Waals surface area contributed by atoms with Crippen LogP contribution in [-0.2, 0) is 16.1 Å². The van der Waals surface area contributed by atoms with E-state index in [-0.39, 0.29) is 18.4 Å². The first-order valence-electron chi connectivity index (χ1n) is 6.45. The van der Waals surface area contributed by atoms with Gasteiger partial charge in [0.05, 0.1) is 12.0 Å². The van der Waals surface area contributed by atoms with Gasteiger partial charge in [0.15, 0.2) is 0 Å². The number of nitrogens with one attached hydrogen (secondary N) is 2. The molecular weight excluding hydrogens is 242 g/mol. The normalized spacial score (nSPS) is 15.6. The van der Waals surface area contributed by atoms with Crippen molar-refractivity contribution in [3.05, 3.63) is 35.9 Å². The van der Waals surface area contributed by atoms with Gasteiger partial charge in [0.25, 0.3) is 0 Å². The Bertz CT molecular complexity index is 455. The van der Waals surface area contributed by atoms with E-state index in [1.165, 1.54) is 0 Å².